The van der Waals surface area contributed by atoms with E-state index >= 15 is 0 Å². The molecule has 1 rings (SSSR count). The summed E-state index contributed by atoms with van der Waals surface area (Å²) >= 11 is 3.38. The molecule has 17 heavy (non-hydrogen) atoms. The maximum absolute atomic E-state index is 11.7. The quantitative estimate of drug-likeness (QED) is 0.925. The molecule has 5 heteroatoms. The lowest BCUT2D eigenvalue weighted by molar-refractivity contribution is 0.482. The highest BCUT2D eigenvalue weighted by molar-refractivity contribution is 9.10. The molecular weight excluding hydrogens is 302 g/mol. The summed E-state index contributed by atoms with van der Waals surface area (Å²) in [6.07, 6.45) is 1.77. The van der Waals surface area contributed by atoms with Crippen LogP contribution in [0.2, 0.25) is 0 Å². The predicted octanol–water partition coefficient (Wildman–Crippen LogP) is 2.14. The molecule has 0 aliphatic heterocycles. The largest absolute Gasteiger partial charge is 0.326 e. The number of hydrogen-bond acceptors (Lipinski definition) is 3. The van der Waals surface area contributed by atoms with Crippen molar-refractivity contribution in [1.29, 1.82) is 0 Å². The SMILES string of the molecule is CC(C)(C(N)Cc1cccc(Br)c1)S(C)(=O)=O. The average Bonchev–Trinajstić information content (AvgIpc) is 2.15. The van der Waals surface area contributed by atoms with Crippen molar-refractivity contribution in [2.75, 3.05) is 6.26 Å². The predicted molar refractivity (Wildman–Crippen MR) is 74.7 cm³/mol. The third-order valence-electron chi connectivity index (χ3n) is 3.19. The highest BCUT2D eigenvalue weighted by Gasteiger charge is 2.36. The van der Waals surface area contributed by atoms with Crippen LogP contribution in [-0.2, 0) is 16.3 Å². The normalized spacial score (nSPS) is 14.6. The van der Waals surface area contributed by atoms with Crippen LogP contribution < -0.4 is 5.73 Å². The van der Waals surface area contributed by atoms with Crippen LogP contribution >= 0.6 is 15.9 Å². The summed E-state index contributed by atoms with van der Waals surface area (Å²) < 4.78 is 23.4. The van der Waals surface area contributed by atoms with Gasteiger partial charge in [-0.2, -0.15) is 0 Å². The van der Waals surface area contributed by atoms with Crippen LogP contribution in [0.1, 0.15) is 19.4 Å². The Hall–Kier alpha value is -0.390. The van der Waals surface area contributed by atoms with E-state index in [0.29, 0.717) is 6.42 Å². The third kappa shape index (κ3) is 3.53. The minimum atomic E-state index is -3.17. The van der Waals surface area contributed by atoms with Gasteiger partial charge < -0.3 is 5.73 Å². The second kappa shape index (κ2) is 5.08. The number of halogens is 1. The van der Waals surface area contributed by atoms with Gasteiger partial charge in [-0.3, -0.25) is 0 Å². The molecule has 1 aromatic carbocycles. The first kappa shape index (κ1) is 14.7. The Labute approximate surface area is 111 Å². The molecule has 0 fully saturated rings. The first-order valence-corrected chi connectivity index (χ1v) is 8.02. The number of nitrogens with two attached hydrogens (primary N) is 1. The van der Waals surface area contributed by atoms with Gasteiger partial charge in [0.2, 0.25) is 0 Å². The van der Waals surface area contributed by atoms with E-state index in [4.69, 9.17) is 5.73 Å². The zero-order valence-electron chi connectivity index (χ0n) is 10.3. The number of hydrogen-bond donors (Lipinski definition) is 1. The molecule has 0 aromatic heterocycles. The van der Waals surface area contributed by atoms with E-state index in [0.717, 1.165) is 10.0 Å². The Kier molecular flexibility index (Phi) is 4.38. The number of benzene rings is 1. The van der Waals surface area contributed by atoms with Gasteiger partial charge >= 0.3 is 0 Å². The lowest BCUT2D eigenvalue weighted by atomic mass is 9.96. The van der Waals surface area contributed by atoms with Crippen LogP contribution in [-0.4, -0.2) is 25.5 Å². The summed E-state index contributed by atoms with van der Waals surface area (Å²) in [5.41, 5.74) is 7.06. The van der Waals surface area contributed by atoms with Crippen molar-refractivity contribution >= 4 is 25.8 Å². The van der Waals surface area contributed by atoms with Crippen LogP contribution in [0.15, 0.2) is 28.7 Å². The monoisotopic (exact) mass is 319 g/mol. The fraction of sp³-hybridized carbons (Fsp3) is 0.500. The maximum Gasteiger partial charge on any atom is 0.154 e. The maximum atomic E-state index is 11.7. The van der Waals surface area contributed by atoms with Gasteiger partial charge in [-0.15, -0.1) is 0 Å². The van der Waals surface area contributed by atoms with Crippen molar-refractivity contribution in [2.45, 2.75) is 31.1 Å². The van der Waals surface area contributed by atoms with Crippen molar-refractivity contribution in [3.05, 3.63) is 34.3 Å². The van der Waals surface area contributed by atoms with E-state index in [1.165, 1.54) is 6.26 Å². The van der Waals surface area contributed by atoms with Crippen molar-refractivity contribution < 1.29 is 8.42 Å². The van der Waals surface area contributed by atoms with Gasteiger partial charge in [-0.05, 0) is 38.0 Å². The van der Waals surface area contributed by atoms with E-state index in [9.17, 15) is 8.42 Å². The molecule has 0 saturated heterocycles. The fourth-order valence-corrected chi connectivity index (χ4v) is 2.52. The molecule has 0 radical (unpaired) electrons. The van der Waals surface area contributed by atoms with Gasteiger partial charge in [0, 0.05) is 16.8 Å². The summed E-state index contributed by atoms with van der Waals surface area (Å²) in [5.74, 6) is 0. The van der Waals surface area contributed by atoms with Crippen LogP contribution in [0.3, 0.4) is 0 Å². The summed E-state index contributed by atoms with van der Waals surface area (Å²) in [4.78, 5) is 0. The molecule has 1 atom stereocenters. The highest BCUT2D eigenvalue weighted by atomic mass is 79.9. The van der Waals surface area contributed by atoms with Gasteiger partial charge in [0.05, 0.1) is 4.75 Å². The Morgan fingerprint density at radius 1 is 1.41 bits per heavy atom. The molecule has 2 N–H and O–H groups in total. The van der Waals surface area contributed by atoms with E-state index in [1.54, 1.807) is 13.8 Å². The third-order valence-corrected chi connectivity index (χ3v) is 5.90. The Morgan fingerprint density at radius 3 is 2.47 bits per heavy atom. The molecule has 0 amide bonds. The van der Waals surface area contributed by atoms with E-state index in [2.05, 4.69) is 15.9 Å². The topological polar surface area (TPSA) is 60.2 Å². The van der Waals surface area contributed by atoms with Gasteiger partial charge in [0.25, 0.3) is 0 Å². The zero-order valence-corrected chi connectivity index (χ0v) is 12.7. The first-order valence-electron chi connectivity index (χ1n) is 5.34. The lowest BCUT2D eigenvalue weighted by Crippen LogP contribution is -2.49. The van der Waals surface area contributed by atoms with Crippen molar-refractivity contribution in [3.63, 3.8) is 0 Å². The number of rotatable bonds is 4. The Balaban J connectivity index is 2.90. The second-order valence-corrected chi connectivity index (χ2v) is 8.33. The van der Waals surface area contributed by atoms with Crippen molar-refractivity contribution in [2.24, 2.45) is 5.73 Å². The van der Waals surface area contributed by atoms with E-state index < -0.39 is 20.6 Å². The van der Waals surface area contributed by atoms with Crippen LogP contribution in [0.4, 0.5) is 0 Å². The Morgan fingerprint density at radius 2 is 2.00 bits per heavy atom. The molecule has 0 aliphatic rings. The molecule has 1 aromatic rings. The molecular formula is C12H18BrNO2S. The summed E-state index contributed by atoms with van der Waals surface area (Å²) in [5, 5.41) is 0. The smallest absolute Gasteiger partial charge is 0.154 e. The summed E-state index contributed by atoms with van der Waals surface area (Å²) in [6.45, 7) is 3.34. The van der Waals surface area contributed by atoms with Crippen LogP contribution in [0, 0.1) is 0 Å². The summed E-state index contributed by atoms with van der Waals surface area (Å²) in [6, 6.07) is 7.32. The Bertz CT molecular complexity index is 497. The minimum Gasteiger partial charge on any atom is -0.326 e. The molecule has 1 unspecified atom stereocenters. The van der Waals surface area contributed by atoms with Gasteiger partial charge in [0.1, 0.15) is 0 Å². The van der Waals surface area contributed by atoms with Crippen molar-refractivity contribution in [3.8, 4) is 0 Å². The second-order valence-electron chi connectivity index (χ2n) is 4.82. The van der Waals surface area contributed by atoms with Gasteiger partial charge in [0.15, 0.2) is 9.84 Å². The minimum absolute atomic E-state index is 0.424. The molecule has 96 valence electrons. The molecule has 0 saturated carbocycles. The molecule has 0 heterocycles. The molecule has 0 spiro atoms. The standard InChI is InChI=1S/C12H18BrNO2S/c1-12(2,17(3,15)16)11(14)8-9-5-4-6-10(13)7-9/h4-7,11H,8,14H2,1-3H3. The van der Waals surface area contributed by atoms with Crippen molar-refractivity contribution in [1.82, 2.24) is 0 Å². The van der Waals surface area contributed by atoms with Gasteiger partial charge in [-0.25, -0.2) is 8.42 Å². The lowest BCUT2D eigenvalue weighted by Gasteiger charge is -2.29. The zero-order chi connectivity index (χ0) is 13.3. The first-order chi connectivity index (χ1) is 7.64. The van der Waals surface area contributed by atoms with E-state index in [-0.39, 0.29) is 0 Å². The molecule has 0 bridgehead atoms. The van der Waals surface area contributed by atoms with Crippen LogP contribution in [0.5, 0.6) is 0 Å². The number of sulfone groups is 1. The van der Waals surface area contributed by atoms with E-state index in [1.807, 2.05) is 24.3 Å². The highest BCUT2D eigenvalue weighted by Crippen LogP contribution is 2.22. The molecule has 0 aliphatic carbocycles. The van der Waals surface area contributed by atoms with Crippen LogP contribution in [0.25, 0.3) is 0 Å². The molecule has 3 nitrogen and oxygen atoms in total. The average molecular weight is 320 g/mol. The summed E-state index contributed by atoms with van der Waals surface area (Å²) in [7, 11) is -3.17. The van der Waals surface area contributed by atoms with Gasteiger partial charge in [-0.1, -0.05) is 28.1 Å². The fourth-order valence-electron chi connectivity index (χ4n) is 1.44.